The lowest BCUT2D eigenvalue weighted by Gasteiger charge is -2.16. The van der Waals surface area contributed by atoms with Crippen molar-refractivity contribution in [3.63, 3.8) is 0 Å². The van der Waals surface area contributed by atoms with E-state index in [2.05, 4.69) is 0 Å². The number of likely N-dealkylation sites (N-methyl/N-ethyl adjacent to an activating group) is 1. The Morgan fingerprint density at radius 1 is 1.08 bits per heavy atom. The van der Waals surface area contributed by atoms with Crippen LogP contribution in [0, 0.1) is 5.82 Å². The Labute approximate surface area is 219 Å². The summed E-state index contributed by atoms with van der Waals surface area (Å²) in [7, 11) is 3.23. The average molecular weight is 527 g/mol. The highest BCUT2D eigenvalue weighted by molar-refractivity contribution is 7.80. The Kier molecular flexibility index (Phi) is 7.76. The van der Waals surface area contributed by atoms with Crippen LogP contribution in [0.2, 0.25) is 5.02 Å². The van der Waals surface area contributed by atoms with Crippen LogP contribution in [0.3, 0.4) is 0 Å². The molecule has 4 rings (SSSR count). The number of nitrogens with zero attached hydrogens (tertiary/aromatic N) is 2. The lowest BCUT2D eigenvalue weighted by atomic mass is 10.1. The van der Waals surface area contributed by atoms with Crippen LogP contribution in [0.1, 0.15) is 18.1 Å². The van der Waals surface area contributed by atoms with Crippen molar-refractivity contribution in [2.24, 2.45) is 0 Å². The SMILES string of the molecule is CCOc1ccc(N2C(=O)/C(=C/c3cc(Cl)c(OCc4cccc(F)c4)c(OC)c3)N(C)C2=S)cc1. The maximum absolute atomic E-state index is 13.5. The first-order valence-corrected chi connectivity index (χ1v) is 11.9. The predicted octanol–water partition coefficient (Wildman–Crippen LogP) is 6.07. The molecule has 0 aliphatic carbocycles. The Morgan fingerprint density at radius 2 is 1.83 bits per heavy atom. The van der Waals surface area contributed by atoms with Gasteiger partial charge in [-0.1, -0.05) is 23.7 Å². The zero-order valence-corrected chi connectivity index (χ0v) is 21.5. The summed E-state index contributed by atoms with van der Waals surface area (Å²) in [5, 5.41) is 0.639. The van der Waals surface area contributed by atoms with Crippen LogP contribution in [-0.4, -0.2) is 36.7 Å². The van der Waals surface area contributed by atoms with Gasteiger partial charge in [-0.2, -0.15) is 0 Å². The van der Waals surface area contributed by atoms with Crippen molar-refractivity contribution in [2.75, 3.05) is 25.7 Å². The number of ether oxygens (including phenoxy) is 3. The third-order valence-corrected chi connectivity index (χ3v) is 6.23. The number of amides is 1. The molecular weight excluding hydrogens is 503 g/mol. The van der Waals surface area contributed by atoms with E-state index in [-0.39, 0.29) is 23.4 Å². The van der Waals surface area contributed by atoms with Crippen LogP contribution in [0.5, 0.6) is 17.2 Å². The molecule has 0 aromatic heterocycles. The number of hydrogen-bond acceptors (Lipinski definition) is 5. The van der Waals surface area contributed by atoms with E-state index in [1.54, 1.807) is 66.6 Å². The van der Waals surface area contributed by atoms with Gasteiger partial charge in [0.1, 0.15) is 23.9 Å². The molecule has 1 saturated heterocycles. The zero-order chi connectivity index (χ0) is 25.8. The number of benzene rings is 3. The van der Waals surface area contributed by atoms with Crippen molar-refractivity contribution in [3.8, 4) is 17.2 Å². The predicted molar refractivity (Wildman–Crippen MR) is 142 cm³/mol. The number of thiocarbonyl (C=S) groups is 1. The van der Waals surface area contributed by atoms with Gasteiger partial charge >= 0.3 is 0 Å². The summed E-state index contributed by atoms with van der Waals surface area (Å²) in [6.07, 6.45) is 1.69. The molecular formula is C27H24ClFN2O4S. The molecule has 1 heterocycles. The summed E-state index contributed by atoms with van der Waals surface area (Å²) in [5.41, 5.74) is 2.29. The minimum Gasteiger partial charge on any atom is -0.494 e. The Morgan fingerprint density at radius 3 is 2.50 bits per heavy atom. The van der Waals surface area contributed by atoms with Gasteiger partial charge in [0.25, 0.3) is 5.91 Å². The van der Waals surface area contributed by atoms with Gasteiger partial charge in [-0.15, -0.1) is 0 Å². The molecule has 0 saturated carbocycles. The molecule has 0 N–H and O–H groups in total. The van der Waals surface area contributed by atoms with Gasteiger partial charge < -0.3 is 19.1 Å². The molecule has 0 bridgehead atoms. The van der Waals surface area contributed by atoms with E-state index >= 15 is 0 Å². The Hall–Kier alpha value is -3.62. The van der Waals surface area contributed by atoms with Crippen LogP contribution < -0.4 is 19.1 Å². The molecule has 1 aliphatic rings. The van der Waals surface area contributed by atoms with Crippen LogP contribution in [0.15, 0.2) is 66.4 Å². The fourth-order valence-electron chi connectivity index (χ4n) is 3.75. The Balaban J connectivity index is 1.59. The van der Waals surface area contributed by atoms with Crippen molar-refractivity contribution in [2.45, 2.75) is 13.5 Å². The molecule has 3 aromatic rings. The normalized spacial score (nSPS) is 14.5. The minimum atomic E-state index is -0.348. The zero-order valence-electron chi connectivity index (χ0n) is 20.0. The topological polar surface area (TPSA) is 51.2 Å². The molecule has 0 spiro atoms. The number of anilines is 1. The number of carbonyl (C=O) groups excluding carboxylic acids is 1. The third kappa shape index (κ3) is 5.29. The molecule has 6 nitrogen and oxygen atoms in total. The highest BCUT2D eigenvalue weighted by Crippen LogP contribution is 2.38. The maximum Gasteiger partial charge on any atom is 0.281 e. The van der Waals surface area contributed by atoms with E-state index in [4.69, 9.17) is 38.0 Å². The first kappa shape index (κ1) is 25.5. The molecule has 0 radical (unpaired) electrons. The molecule has 1 fully saturated rings. The smallest absolute Gasteiger partial charge is 0.281 e. The fourth-order valence-corrected chi connectivity index (χ4v) is 4.31. The molecule has 1 aliphatic heterocycles. The summed E-state index contributed by atoms with van der Waals surface area (Å²) < 4.78 is 30.3. The van der Waals surface area contributed by atoms with Gasteiger partial charge in [0.05, 0.1) is 24.4 Å². The first-order valence-electron chi connectivity index (χ1n) is 11.1. The van der Waals surface area contributed by atoms with Gasteiger partial charge in [0.2, 0.25) is 0 Å². The van der Waals surface area contributed by atoms with Crippen LogP contribution in [-0.2, 0) is 11.4 Å². The van der Waals surface area contributed by atoms with Gasteiger partial charge in [-0.25, -0.2) is 4.39 Å². The van der Waals surface area contributed by atoms with Crippen LogP contribution >= 0.6 is 23.8 Å². The third-order valence-electron chi connectivity index (χ3n) is 5.50. The summed E-state index contributed by atoms with van der Waals surface area (Å²) in [4.78, 5) is 16.4. The number of methoxy groups -OCH3 is 1. The number of carbonyl (C=O) groups is 1. The van der Waals surface area contributed by atoms with E-state index in [1.165, 1.54) is 24.1 Å². The molecule has 1 amide bonds. The first-order chi connectivity index (χ1) is 17.3. The van der Waals surface area contributed by atoms with E-state index < -0.39 is 0 Å². The molecule has 9 heteroatoms. The standard InChI is InChI=1S/C27H24ClFN2O4S/c1-4-34-21-10-8-20(9-11-21)31-26(32)23(30(2)27(31)36)14-18-13-22(28)25(24(15-18)33-3)35-16-17-6-5-7-19(29)12-17/h5-15H,4,16H2,1-3H3/b23-14-. The summed E-state index contributed by atoms with van der Waals surface area (Å²) in [5.74, 6) is 0.796. The lowest BCUT2D eigenvalue weighted by molar-refractivity contribution is -0.114. The second-order valence-corrected chi connectivity index (χ2v) is 8.66. The monoisotopic (exact) mass is 526 g/mol. The van der Waals surface area contributed by atoms with Crippen molar-refractivity contribution in [1.82, 2.24) is 4.90 Å². The minimum absolute atomic E-state index is 0.112. The largest absolute Gasteiger partial charge is 0.494 e. The molecule has 36 heavy (non-hydrogen) atoms. The summed E-state index contributed by atoms with van der Waals surface area (Å²) in [6.45, 7) is 2.57. The quantitative estimate of drug-likeness (QED) is 0.262. The lowest BCUT2D eigenvalue weighted by Crippen LogP contribution is -2.31. The molecule has 0 unspecified atom stereocenters. The summed E-state index contributed by atoms with van der Waals surface area (Å²) in [6, 6.07) is 16.7. The van der Waals surface area contributed by atoms with Gasteiger partial charge in [-0.3, -0.25) is 9.69 Å². The van der Waals surface area contributed by atoms with Crippen molar-refractivity contribution < 1.29 is 23.4 Å². The summed E-state index contributed by atoms with van der Waals surface area (Å²) >= 11 is 12.1. The molecule has 186 valence electrons. The average Bonchev–Trinajstić information content (AvgIpc) is 3.07. The van der Waals surface area contributed by atoms with E-state index in [1.807, 2.05) is 6.92 Å². The van der Waals surface area contributed by atoms with Crippen molar-refractivity contribution in [3.05, 3.63) is 88.3 Å². The second kappa shape index (κ2) is 11.0. The number of rotatable bonds is 8. The van der Waals surface area contributed by atoms with Crippen molar-refractivity contribution in [1.29, 1.82) is 0 Å². The highest BCUT2D eigenvalue weighted by atomic mass is 35.5. The van der Waals surface area contributed by atoms with Crippen molar-refractivity contribution >= 4 is 46.6 Å². The van der Waals surface area contributed by atoms with Gasteiger partial charge in [0.15, 0.2) is 16.6 Å². The van der Waals surface area contributed by atoms with E-state index in [9.17, 15) is 9.18 Å². The maximum atomic E-state index is 13.5. The van der Waals surface area contributed by atoms with E-state index in [0.717, 1.165) is 0 Å². The van der Waals surface area contributed by atoms with Gasteiger partial charge in [0, 0.05) is 7.05 Å². The molecule has 0 atom stereocenters. The number of hydrogen-bond donors (Lipinski definition) is 0. The Bertz CT molecular complexity index is 1330. The van der Waals surface area contributed by atoms with Gasteiger partial charge in [-0.05, 0) is 84.9 Å². The molecule has 3 aromatic carbocycles. The fraction of sp³-hybridized carbons (Fsp3) is 0.185. The number of halogens is 2. The second-order valence-electron chi connectivity index (χ2n) is 7.89. The van der Waals surface area contributed by atoms with Crippen LogP contribution in [0.25, 0.3) is 6.08 Å². The highest BCUT2D eigenvalue weighted by Gasteiger charge is 2.36. The van der Waals surface area contributed by atoms with Crippen LogP contribution in [0.4, 0.5) is 10.1 Å². The van der Waals surface area contributed by atoms with E-state index in [0.29, 0.717) is 51.5 Å².